The number of halogens is 5. The Balaban J connectivity index is 2.28. The molecule has 0 radical (unpaired) electrons. The van der Waals surface area contributed by atoms with E-state index in [0.717, 1.165) is 18.2 Å². The first-order valence-corrected chi connectivity index (χ1v) is 5.65. The van der Waals surface area contributed by atoms with Gasteiger partial charge in [0.25, 0.3) is 0 Å². The predicted molar refractivity (Wildman–Crippen MR) is 61.3 cm³/mol. The maximum atomic E-state index is 13.5. The summed E-state index contributed by atoms with van der Waals surface area (Å²) in [5.41, 5.74) is -0.410. The Morgan fingerprint density at radius 1 is 0.850 bits per heavy atom. The standard InChI is InChI=1S/C14H9F5O/c15-8-3-7(4-9(16)6-8)5-12(20)10-1-2-11(17)14(19)13(10)18/h1-4,6,12,20H,5H2. The van der Waals surface area contributed by atoms with E-state index in [1.165, 1.54) is 0 Å². The van der Waals surface area contributed by atoms with Crippen LogP contribution in [-0.2, 0) is 6.42 Å². The van der Waals surface area contributed by atoms with Crippen LogP contribution in [0.15, 0.2) is 30.3 Å². The first-order chi connectivity index (χ1) is 9.38. The summed E-state index contributed by atoms with van der Waals surface area (Å²) in [4.78, 5) is 0. The molecule has 0 saturated heterocycles. The van der Waals surface area contributed by atoms with Gasteiger partial charge in [-0.3, -0.25) is 0 Å². The van der Waals surface area contributed by atoms with E-state index < -0.39 is 40.8 Å². The lowest BCUT2D eigenvalue weighted by atomic mass is 10.0. The highest BCUT2D eigenvalue weighted by molar-refractivity contribution is 5.26. The molecule has 0 heterocycles. The van der Waals surface area contributed by atoms with Gasteiger partial charge in [-0.15, -0.1) is 0 Å². The third-order valence-electron chi connectivity index (χ3n) is 2.78. The zero-order chi connectivity index (χ0) is 14.9. The number of benzene rings is 2. The van der Waals surface area contributed by atoms with Crippen molar-refractivity contribution in [3.05, 3.63) is 70.5 Å². The van der Waals surface area contributed by atoms with Crippen LogP contribution in [0.25, 0.3) is 0 Å². The van der Waals surface area contributed by atoms with Crippen molar-refractivity contribution in [3.63, 3.8) is 0 Å². The molecule has 20 heavy (non-hydrogen) atoms. The summed E-state index contributed by atoms with van der Waals surface area (Å²) >= 11 is 0. The zero-order valence-corrected chi connectivity index (χ0v) is 10.0. The van der Waals surface area contributed by atoms with Crippen LogP contribution < -0.4 is 0 Å². The van der Waals surface area contributed by atoms with Crippen molar-refractivity contribution in [1.29, 1.82) is 0 Å². The molecule has 0 aliphatic carbocycles. The zero-order valence-electron chi connectivity index (χ0n) is 10.0. The Labute approximate surface area is 111 Å². The summed E-state index contributed by atoms with van der Waals surface area (Å²) in [5, 5.41) is 9.78. The normalized spacial score (nSPS) is 12.5. The van der Waals surface area contributed by atoms with E-state index >= 15 is 0 Å². The minimum absolute atomic E-state index is 0.0686. The van der Waals surface area contributed by atoms with Crippen LogP contribution in [0.5, 0.6) is 0 Å². The monoisotopic (exact) mass is 288 g/mol. The smallest absolute Gasteiger partial charge is 0.194 e. The third kappa shape index (κ3) is 2.96. The second-order valence-electron chi connectivity index (χ2n) is 4.26. The Bertz CT molecular complexity index is 621. The molecule has 0 amide bonds. The van der Waals surface area contributed by atoms with Crippen LogP contribution in [-0.4, -0.2) is 5.11 Å². The molecule has 1 nitrogen and oxygen atoms in total. The molecule has 1 N–H and O–H groups in total. The predicted octanol–water partition coefficient (Wildman–Crippen LogP) is 3.66. The first kappa shape index (κ1) is 14.5. The fourth-order valence-electron chi connectivity index (χ4n) is 1.86. The number of aliphatic hydroxyl groups excluding tert-OH is 1. The lowest BCUT2D eigenvalue weighted by molar-refractivity contribution is 0.171. The molecule has 6 heteroatoms. The van der Waals surface area contributed by atoms with Gasteiger partial charge in [-0.2, -0.15) is 0 Å². The molecule has 0 aliphatic heterocycles. The summed E-state index contributed by atoms with van der Waals surface area (Å²) < 4.78 is 65.2. The Morgan fingerprint density at radius 2 is 1.45 bits per heavy atom. The highest BCUT2D eigenvalue weighted by atomic mass is 19.2. The van der Waals surface area contributed by atoms with Gasteiger partial charge < -0.3 is 5.11 Å². The average molecular weight is 288 g/mol. The minimum Gasteiger partial charge on any atom is -0.388 e. The van der Waals surface area contributed by atoms with Gasteiger partial charge in [-0.1, -0.05) is 6.07 Å². The highest BCUT2D eigenvalue weighted by Crippen LogP contribution is 2.24. The van der Waals surface area contributed by atoms with Crippen molar-refractivity contribution in [1.82, 2.24) is 0 Å². The quantitative estimate of drug-likeness (QED) is 0.675. The number of hydrogen-bond acceptors (Lipinski definition) is 1. The minimum atomic E-state index is -1.70. The topological polar surface area (TPSA) is 20.2 Å². The van der Waals surface area contributed by atoms with E-state index in [0.29, 0.717) is 12.1 Å². The van der Waals surface area contributed by atoms with Gasteiger partial charge in [0.2, 0.25) is 0 Å². The molecule has 1 unspecified atom stereocenters. The molecule has 0 fully saturated rings. The van der Waals surface area contributed by atoms with Gasteiger partial charge in [0, 0.05) is 18.1 Å². The van der Waals surface area contributed by atoms with Crippen molar-refractivity contribution >= 4 is 0 Å². The largest absolute Gasteiger partial charge is 0.388 e. The van der Waals surface area contributed by atoms with Crippen LogP contribution in [0.4, 0.5) is 22.0 Å². The van der Waals surface area contributed by atoms with Crippen LogP contribution >= 0.6 is 0 Å². The van der Waals surface area contributed by atoms with Gasteiger partial charge in [-0.05, 0) is 23.8 Å². The van der Waals surface area contributed by atoms with Crippen molar-refractivity contribution in [2.75, 3.05) is 0 Å². The summed E-state index contributed by atoms with van der Waals surface area (Å²) in [6, 6.07) is 4.12. The molecular weight excluding hydrogens is 279 g/mol. The third-order valence-corrected chi connectivity index (χ3v) is 2.78. The van der Waals surface area contributed by atoms with Crippen molar-refractivity contribution < 1.29 is 27.1 Å². The first-order valence-electron chi connectivity index (χ1n) is 5.65. The van der Waals surface area contributed by atoms with Crippen LogP contribution in [0.2, 0.25) is 0 Å². The molecular formula is C14H9F5O. The average Bonchev–Trinajstić information content (AvgIpc) is 2.34. The van der Waals surface area contributed by atoms with E-state index in [1.54, 1.807) is 0 Å². The van der Waals surface area contributed by atoms with Crippen LogP contribution in [0, 0.1) is 29.1 Å². The Kier molecular flexibility index (Phi) is 4.04. The van der Waals surface area contributed by atoms with Gasteiger partial charge in [0.05, 0.1) is 6.10 Å². The highest BCUT2D eigenvalue weighted by Gasteiger charge is 2.19. The molecule has 0 spiro atoms. The molecule has 2 aromatic rings. The molecule has 0 aromatic heterocycles. The maximum Gasteiger partial charge on any atom is 0.194 e. The SMILES string of the molecule is OC(Cc1cc(F)cc(F)c1)c1ccc(F)c(F)c1F. The molecule has 1 atom stereocenters. The molecule has 0 saturated carbocycles. The fourth-order valence-corrected chi connectivity index (χ4v) is 1.86. The van der Waals surface area contributed by atoms with Gasteiger partial charge >= 0.3 is 0 Å². The molecule has 2 aromatic carbocycles. The lowest BCUT2D eigenvalue weighted by Gasteiger charge is -2.13. The second-order valence-corrected chi connectivity index (χ2v) is 4.26. The summed E-state index contributed by atoms with van der Waals surface area (Å²) in [6.45, 7) is 0. The molecule has 0 bridgehead atoms. The van der Waals surface area contributed by atoms with Crippen molar-refractivity contribution in [3.8, 4) is 0 Å². The van der Waals surface area contributed by atoms with Gasteiger partial charge in [0.15, 0.2) is 17.5 Å². The maximum absolute atomic E-state index is 13.5. The summed E-state index contributed by atoms with van der Waals surface area (Å²) in [7, 11) is 0. The summed E-state index contributed by atoms with van der Waals surface area (Å²) in [5.74, 6) is -6.30. The van der Waals surface area contributed by atoms with E-state index in [4.69, 9.17) is 0 Å². The second kappa shape index (κ2) is 5.58. The van der Waals surface area contributed by atoms with E-state index in [9.17, 15) is 27.1 Å². The van der Waals surface area contributed by atoms with Crippen molar-refractivity contribution in [2.45, 2.75) is 12.5 Å². The van der Waals surface area contributed by atoms with Crippen molar-refractivity contribution in [2.24, 2.45) is 0 Å². The fraction of sp³-hybridized carbons (Fsp3) is 0.143. The number of aliphatic hydroxyl groups is 1. The van der Waals surface area contributed by atoms with Crippen LogP contribution in [0.1, 0.15) is 17.2 Å². The van der Waals surface area contributed by atoms with Crippen LogP contribution in [0.3, 0.4) is 0 Å². The molecule has 2 rings (SSSR count). The van der Waals surface area contributed by atoms with Gasteiger partial charge in [-0.25, -0.2) is 22.0 Å². The lowest BCUT2D eigenvalue weighted by Crippen LogP contribution is -2.07. The summed E-state index contributed by atoms with van der Waals surface area (Å²) in [6.07, 6.45) is -1.89. The Morgan fingerprint density at radius 3 is 2.05 bits per heavy atom. The number of hydrogen-bond donors (Lipinski definition) is 1. The molecule has 0 aliphatic rings. The van der Waals surface area contributed by atoms with Gasteiger partial charge in [0.1, 0.15) is 11.6 Å². The Hall–Kier alpha value is -1.95. The van der Waals surface area contributed by atoms with E-state index in [2.05, 4.69) is 0 Å². The number of rotatable bonds is 3. The van der Waals surface area contributed by atoms with E-state index in [1.807, 2.05) is 0 Å². The molecule has 106 valence electrons. The van der Waals surface area contributed by atoms with E-state index in [-0.39, 0.29) is 12.0 Å².